The molecule has 1 fully saturated rings. The Morgan fingerprint density at radius 2 is 2.00 bits per heavy atom. The Labute approximate surface area is 278 Å². The van der Waals surface area contributed by atoms with Crippen LogP contribution in [0.4, 0.5) is 8.78 Å². The van der Waals surface area contributed by atoms with Crippen LogP contribution in [0, 0.1) is 17.6 Å². The molecule has 5 rings (SSSR count). The van der Waals surface area contributed by atoms with Gasteiger partial charge in [0.05, 0.1) is 29.3 Å². The molecule has 1 saturated carbocycles. The van der Waals surface area contributed by atoms with E-state index in [1.165, 1.54) is 30.6 Å². The van der Waals surface area contributed by atoms with Crippen molar-refractivity contribution in [2.45, 2.75) is 77.3 Å². The second-order valence-electron chi connectivity index (χ2n) is 12.4. The van der Waals surface area contributed by atoms with E-state index < -0.39 is 17.3 Å². The van der Waals surface area contributed by atoms with Crippen molar-refractivity contribution in [2.24, 2.45) is 22.4 Å². The number of fused-ring (bicyclic) bond motifs is 1. The van der Waals surface area contributed by atoms with Gasteiger partial charge in [0.1, 0.15) is 17.2 Å². The molecule has 1 aliphatic rings. The summed E-state index contributed by atoms with van der Waals surface area (Å²) < 4.78 is 38.0. The molecule has 2 aromatic carbocycles. The van der Waals surface area contributed by atoms with Crippen LogP contribution in [0.2, 0.25) is 5.02 Å². The second-order valence-corrected chi connectivity index (χ2v) is 12.8. The minimum absolute atomic E-state index is 0.0212. The molecule has 1 aliphatic carbocycles. The highest BCUT2D eigenvalue weighted by Gasteiger charge is 2.28. The second kappa shape index (κ2) is 15.4. The zero-order valence-corrected chi connectivity index (χ0v) is 28.0. The molecule has 0 radical (unpaired) electrons. The van der Waals surface area contributed by atoms with Crippen LogP contribution < -0.4 is 27.2 Å². The molecular weight excluding hydrogens is 624 g/mol. The fourth-order valence-corrected chi connectivity index (χ4v) is 6.33. The first-order valence-corrected chi connectivity index (χ1v) is 16.7. The maximum absolute atomic E-state index is 15.8. The molecule has 252 valence electrons. The van der Waals surface area contributed by atoms with E-state index >= 15 is 8.78 Å². The zero-order chi connectivity index (χ0) is 33.7. The van der Waals surface area contributed by atoms with E-state index in [1.54, 1.807) is 37.4 Å². The number of halogens is 3. The summed E-state index contributed by atoms with van der Waals surface area (Å²) in [5, 5.41) is 3.98. The third-order valence-electron chi connectivity index (χ3n) is 8.70. The molecule has 12 heteroatoms. The first kappa shape index (κ1) is 34.5. The van der Waals surface area contributed by atoms with E-state index in [0.717, 1.165) is 37.7 Å². The van der Waals surface area contributed by atoms with Gasteiger partial charge in [0, 0.05) is 47.4 Å². The maximum Gasteiger partial charge on any atom is 0.354 e. The Morgan fingerprint density at radius 1 is 1.21 bits per heavy atom. The van der Waals surface area contributed by atoms with E-state index in [-0.39, 0.29) is 34.0 Å². The lowest BCUT2D eigenvalue weighted by molar-refractivity contribution is 0.383. The Bertz CT molecular complexity index is 1800. The smallest absolute Gasteiger partial charge is 0.354 e. The van der Waals surface area contributed by atoms with Gasteiger partial charge in [-0.15, -0.1) is 0 Å². The molecular formula is C35H44ClF2N7O2. The number of ether oxygens (including phenoxy) is 1. The average Bonchev–Trinajstić information content (AvgIpc) is 3.81. The van der Waals surface area contributed by atoms with Gasteiger partial charge in [0.15, 0.2) is 5.82 Å². The van der Waals surface area contributed by atoms with Gasteiger partial charge in [-0.05, 0) is 94.2 Å². The number of aromatic amines is 1. The summed E-state index contributed by atoms with van der Waals surface area (Å²) in [5.41, 5.74) is 13.8. The average molecular weight is 668 g/mol. The minimum Gasteiger partial charge on any atom is -0.496 e. The van der Waals surface area contributed by atoms with Gasteiger partial charge in [-0.3, -0.25) is 9.56 Å². The summed E-state index contributed by atoms with van der Waals surface area (Å²) in [7, 11) is 1.47. The molecule has 0 spiro atoms. The third-order valence-corrected chi connectivity index (χ3v) is 8.98. The van der Waals surface area contributed by atoms with Gasteiger partial charge in [0.2, 0.25) is 0 Å². The zero-order valence-electron chi connectivity index (χ0n) is 27.2. The van der Waals surface area contributed by atoms with Crippen molar-refractivity contribution >= 4 is 28.5 Å². The number of nitrogens with zero attached hydrogens (tertiary/aromatic N) is 3. The number of rotatable bonds is 16. The summed E-state index contributed by atoms with van der Waals surface area (Å²) in [6.45, 7) is 4.97. The van der Waals surface area contributed by atoms with Crippen molar-refractivity contribution in [3.8, 4) is 22.7 Å². The molecule has 0 bridgehead atoms. The largest absolute Gasteiger partial charge is 0.496 e. The Hall–Kier alpha value is -3.80. The monoisotopic (exact) mass is 667 g/mol. The van der Waals surface area contributed by atoms with Gasteiger partial charge in [-0.25, -0.2) is 13.6 Å². The number of aliphatic imine (C=N–C) groups is 1. The van der Waals surface area contributed by atoms with Gasteiger partial charge >= 0.3 is 5.69 Å². The maximum atomic E-state index is 15.8. The molecule has 2 heterocycles. The molecule has 0 amide bonds. The number of hydrogen-bond donors (Lipinski definition) is 4. The number of hydrogen-bond acceptors (Lipinski definition) is 6. The van der Waals surface area contributed by atoms with Crippen molar-refractivity contribution < 1.29 is 13.5 Å². The SMILES string of the molecule is CCCC(NCCCN=C(C)N)c1c(F)cc(-n2cc3cc(-c4cc(CCCC(N)C5CC5)cc(Cl)c4F)[nH]c3nc2=O)cc1OC. The Kier molecular flexibility index (Phi) is 11.3. The molecule has 0 saturated heterocycles. The highest BCUT2D eigenvalue weighted by molar-refractivity contribution is 6.31. The first-order chi connectivity index (χ1) is 22.6. The predicted molar refractivity (Wildman–Crippen MR) is 185 cm³/mol. The molecule has 47 heavy (non-hydrogen) atoms. The van der Waals surface area contributed by atoms with Crippen LogP contribution in [0.1, 0.15) is 76.0 Å². The lowest BCUT2D eigenvalue weighted by Gasteiger charge is -2.22. The van der Waals surface area contributed by atoms with Crippen molar-refractivity contribution in [3.63, 3.8) is 0 Å². The molecule has 2 unspecified atom stereocenters. The van der Waals surface area contributed by atoms with Crippen LogP contribution in [-0.4, -0.2) is 46.6 Å². The minimum atomic E-state index is -0.627. The standard InChI is InChI=1S/C35H44ClF2N7O2/c1-4-7-29(42-13-6-12-41-20(2)39)32-27(37)17-24(18-31(32)47-3)45-19-23-16-30(43-34(23)44-35(45)46)25-14-21(15-26(36)33(25)38)8-5-9-28(40)22-10-11-22/h14-19,22,28-29,42H,4-13,40H2,1-3H3,(H2,39,41)(H,43,44,46). The number of nitrogens with two attached hydrogens (primary N) is 2. The summed E-state index contributed by atoms with van der Waals surface area (Å²) in [4.78, 5) is 24.7. The number of methoxy groups -OCH3 is 1. The summed E-state index contributed by atoms with van der Waals surface area (Å²) in [5.74, 6) is 0.400. The molecule has 9 nitrogen and oxygen atoms in total. The van der Waals surface area contributed by atoms with E-state index in [2.05, 4.69) is 20.3 Å². The van der Waals surface area contributed by atoms with E-state index in [1.807, 2.05) is 6.92 Å². The van der Waals surface area contributed by atoms with Crippen LogP contribution in [0.25, 0.3) is 28.0 Å². The van der Waals surface area contributed by atoms with Crippen molar-refractivity contribution in [1.82, 2.24) is 19.9 Å². The molecule has 2 atom stereocenters. The fraction of sp³-hybridized carbons (Fsp3) is 0.457. The quantitative estimate of drug-likeness (QED) is 0.0606. The lowest BCUT2D eigenvalue weighted by atomic mass is 9.99. The third kappa shape index (κ3) is 8.38. The van der Waals surface area contributed by atoms with Crippen molar-refractivity contribution in [1.29, 1.82) is 0 Å². The van der Waals surface area contributed by atoms with E-state index in [4.69, 9.17) is 27.8 Å². The number of nitrogens with one attached hydrogen (secondary N) is 2. The van der Waals surface area contributed by atoms with E-state index in [0.29, 0.717) is 53.7 Å². The van der Waals surface area contributed by atoms with Gasteiger partial charge < -0.3 is 26.5 Å². The highest BCUT2D eigenvalue weighted by atomic mass is 35.5. The van der Waals surface area contributed by atoms with E-state index in [9.17, 15) is 4.79 Å². The molecule has 6 N–H and O–H groups in total. The number of aryl methyl sites for hydroxylation is 1. The summed E-state index contributed by atoms with van der Waals surface area (Å²) in [6, 6.07) is 7.97. The first-order valence-electron chi connectivity index (χ1n) is 16.3. The summed E-state index contributed by atoms with van der Waals surface area (Å²) >= 11 is 6.31. The number of H-pyrrole nitrogens is 1. The Balaban J connectivity index is 1.41. The van der Waals surface area contributed by atoms with Crippen molar-refractivity contribution in [2.75, 3.05) is 20.2 Å². The number of aromatic nitrogens is 3. The lowest BCUT2D eigenvalue weighted by Crippen LogP contribution is -2.25. The number of amidine groups is 1. The van der Waals surface area contributed by atoms with Crippen LogP contribution in [0.5, 0.6) is 5.75 Å². The normalized spacial score (nSPS) is 14.9. The molecule has 4 aromatic rings. The van der Waals surface area contributed by atoms with Crippen LogP contribution in [0.15, 0.2) is 46.3 Å². The predicted octanol–water partition coefficient (Wildman–Crippen LogP) is 6.58. The molecule has 0 aliphatic heterocycles. The van der Waals surface area contributed by atoms with Crippen molar-refractivity contribution in [3.05, 3.63) is 74.8 Å². The topological polar surface area (TPSA) is 136 Å². The van der Waals surface area contributed by atoms with Gasteiger partial charge in [-0.1, -0.05) is 24.9 Å². The number of benzene rings is 2. The van der Waals surface area contributed by atoms with Crippen LogP contribution in [0.3, 0.4) is 0 Å². The highest BCUT2D eigenvalue weighted by Crippen LogP contribution is 2.36. The van der Waals surface area contributed by atoms with Crippen LogP contribution in [-0.2, 0) is 6.42 Å². The molecule has 2 aromatic heterocycles. The van der Waals surface area contributed by atoms with Crippen LogP contribution >= 0.6 is 11.6 Å². The van der Waals surface area contributed by atoms with Gasteiger partial charge in [0.25, 0.3) is 0 Å². The Morgan fingerprint density at radius 3 is 2.70 bits per heavy atom. The summed E-state index contributed by atoms with van der Waals surface area (Å²) in [6.07, 6.45) is 8.71. The van der Waals surface area contributed by atoms with Gasteiger partial charge in [-0.2, -0.15) is 4.98 Å². The fourth-order valence-electron chi connectivity index (χ4n) is 6.09.